The van der Waals surface area contributed by atoms with Crippen molar-refractivity contribution in [3.05, 3.63) is 53.9 Å². The molecule has 2 rings (SSSR count). The third-order valence-corrected chi connectivity index (χ3v) is 3.12. The van der Waals surface area contributed by atoms with E-state index in [4.69, 9.17) is 9.47 Å². The molecule has 0 fully saturated rings. The molecule has 0 atom stereocenters. The van der Waals surface area contributed by atoms with Gasteiger partial charge in [0, 0.05) is 12.1 Å². The molecular weight excluding hydrogens is 264 g/mol. The van der Waals surface area contributed by atoms with E-state index < -0.39 is 0 Å². The second-order valence-electron chi connectivity index (χ2n) is 4.76. The Hall–Kier alpha value is -2.07. The van der Waals surface area contributed by atoms with Gasteiger partial charge in [-0.05, 0) is 31.2 Å². The number of para-hydroxylation sites is 1. The molecular formula is C17H22N2O2. The highest BCUT2D eigenvalue weighted by molar-refractivity contribution is 5.33. The van der Waals surface area contributed by atoms with Gasteiger partial charge in [0.2, 0.25) is 0 Å². The first-order valence-electron chi connectivity index (χ1n) is 7.24. The van der Waals surface area contributed by atoms with Gasteiger partial charge in [0.05, 0.1) is 19.0 Å². The first kappa shape index (κ1) is 15.3. The molecule has 2 aromatic rings. The quantitative estimate of drug-likeness (QED) is 0.757. The molecule has 1 aromatic carbocycles. The number of rotatable bonds is 8. The van der Waals surface area contributed by atoms with Crippen LogP contribution in [0.2, 0.25) is 0 Å². The molecule has 4 heteroatoms. The standard InChI is InChI=1S/C17H22N2O2/c1-3-10-18-11-15-8-9-16(12-19-15)21-13-14-6-4-5-7-17(14)20-2/h4-9,12,18H,3,10-11,13H2,1-2H3. The number of hydrogen-bond acceptors (Lipinski definition) is 4. The van der Waals surface area contributed by atoms with Crippen LogP contribution in [0, 0.1) is 0 Å². The molecule has 4 nitrogen and oxygen atoms in total. The first-order chi connectivity index (χ1) is 10.3. The Balaban J connectivity index is 1.88. The van der Waals surface area contributed by atoms with Gasteiger partial charge in [0.15, 0.2) is 0 Å². The van der Waals surface area contributed by atoms with Crippen LogP contribution in [-0.2, 0) is 13.2 Å². The lowest BCUT2D eigenvalue weighted by Gasteiger charge is -2.10. The van der Waals surface area contributed by atoms with E-state index in [1.54, 1.807) is 13.3 Å². The van der Waals surface area contributed by atoms with Crippen molar-refractivity contribution in [1.29, 1.82) is 0 Å². The van der Waals surface area contributed by atoms with E-state index in [0.29, 0.717) is 6.61 Å². The van der Waals surface area contributed by atoms with Gasteiger partial charge in [-0.2, -0.15) is 0 Å². The van der Waals surface area contributed by atoms with Gasteiger partial charge in [0.1, 0.15) is 18.1 Å². The molecule has 1 heterocycles. The van der Waals surface area contributed by atoms with Crippen molar-refractivity contribution in [2.75, 3.05) is 13.7 Å². The van der Waals surface area contributed by atoms with E-state index in [9.17, 15) is 0 Å². The molecule has 0 aliphatic carbocycles. The summed E-state index contributed by atoms with van der Waals surface area (Å²) < 4.78 is 11.1. The molecule has 1 N–H and O–H groups in total. The van der Waals surface area contributed by atoms with Crippen molar-refractivity contribution in [3.8, 4) is 11.5 Å². The summed E-state index contributed by atoms with van der Waals surface area (Å²) in [6, 6.07) is 11.8. The second kappa shape index (κ2) is 8.27. The highest BCUT2D eigenvalue weighted by atomic mass is 16.5. The van der Waals surface area contributed by atoms with E-state index >= 15 is 0 Å². The van der Waals surface area contributed by atoms with Crippen LogP contribution in [0.5, 0.6) is 11.5 Å². The lowest BCUT2D eigenvalue weighted by atomic mass is 10.2. The number of benzene rings is 1. The summed E-state index contributed by atoms with van der Waals surface area (Å²) in [5.74, 6) is 1.60. The molecule has 0 aliphatic heterocycles. The van der Waals surface area contributed by atoms with E-state index in [1.807, 2.05) is 36.4 Å². The van der Waals surface area contributed by atoms with Crippen molar-refractivity contribution in [1.82, 2.24) is 10.3 Å². The van der Waals surface area contributed by atoms with Crippen LogP contribution in [0.15, 0.2) is 42.6 Å². The summed E-state index contributed by atoms with van der Waals surface area (Å²) in [5.41, 5.74) is 2.04. The van der Waals surface area contributed by atoms with Crippen molar-refractivity contribution in [2.45, 2.75) is 26.5 Å². The van der Waals surface area contributed by atoms with E-state index in [2.05, 4.69) is 17.2 Å². The molecule has 0 unspecified atom stereocenters. The van der Waals surface area contributed by atoms with Crippen LogP contribution in [-0.4, -0.2) is 18.6 Å². The number of methoxy groups -OCH3 is 1. The molecule has 0 saturated carbocycles. The molecule has 0 saturated heterocycles. The number of pyridine rings is 1. The third-order valence-electron chi connectivity index (χ3n) is 3.12. The SMILES string of the molecule is CCCNCc1ccc(OCc2ccccc2OC)cn1. The minimum absolute atomic E-state index is 0.471. The predicted octanol–water partition coefficient (Wildman–Crippen LogP) is 3.17. The van der Waals surface area contributed by atoms with Gasteiger partial charge in [-0.15, -0.1) is 0 Å². The van der Waals surface area contributed by atoms with Crippen LogP contribution in [0.4, 0.5) is 0 Å². The summed E-state index contributed by atoms with van der Waals surface area (Å²) in [4.78, 5) is 4.39. The maximum atomic E-state index is 5.75. The minimum Gasteiger partial charge on any atom is -0.496 e. The zero-order valence-electron chi connectivity index (χ0n) is 12.6. The third kappa shape index (κ3) is 4.76. The molecule has 0 spiro atoms. The Morgan fingerprint density at radius 2 is 2.00 bits per heavy atom. The number of aromatic nitrogens is 1. The zero-order valence-corrected chi connectivity index (χ0v) is 12.6. The Morgan fingerprint density at radius 3 is 2.71 bits per heavy atom. The van der Waals surface area contributed by atoms with Crippen molar-refractivity contribution in [2.24, 2.45) is 0 Å². The summed E-state index contributed by atoms with van der Waals surface area (Å²) >= 11 is 0. The molecule has 0 radical (unpaired) electrons. The van der Waals surface area contributed by atoms with Gasteiger partial charge in [-0.25, -0.2) is 0 Å². The Bertz CT molecular complexity index is 541. The average molecular weight is 286 g/mol. The molecule has 0 bridgehead atoms. The smallest absolute Gasteiger partial charge is 0.138 e. The van der Waals surface area contributed by atoms with Crippen LogP contribution < -0.4 is 14.8 Å². The van der Waals surface area contributed by atoms with E-state index in [-0.39, 0.29) is 0 Å². The lowest BCUT2D eigenvalue weighted by molar-refractivity contribution is 0.295. The second-order valence-corrected chi connectivity index (χ2v) is 4.76. The molecule has 0 amide bonds. The van der Waals surface area contributed by atoms with Crippen LogP contribution in [0.1, 0.15) is 24.6 Å². The fourth-order valence-electron chi connectivity index (χ4n) is 1.98. The van der Waals surface area contributed by atoms with Crippen LogP contribution in [0.25, 0.3) is 0 Å². The maximum Gasteiger partial charge on any atom is 0.138 e. The van der Waals surface area contributed by atoms with Crippen molar-refractivity contribution >= 4 is 0 Å². The van der Waals surface area contributed by atoms with Gasteiger partial charge in [-0.1, -0.05) is 25.1 Å². The average Bonchev–Trinajstić information content (AvgIpc) is 2.54. The van der Waals surface area contributed by atoms with Gasteiger partial charge in [0.25, 0.3) is 0 Å². The van der Waals surface area contributed by atoms with Gasteiger partial charge < -0.3 is 14.8 Å². The molecule has 21 heavy (non-hydrogen) atoms. The lowest BCUT2D eigenvalue weighted by Crippen LogP contribution is -2.14. The normalized spacial score (nSPS) is 10.4. The Kier molecular flexibility index (Phi) is 6.03. The maximum absolute atomic E-state index is 5.75. The highest BCUT2D eigenvalue weighted by Gasteiger charge is 2.03. The fraction of sp³-hybridized carbons (Fsp3) is 0.353. The Morgan fingerprint density at radius 1 is 1.14 bits per heavy atom. The summed E-state index contributed by atoms with van der Waals surface area (Å²) in [5, 5.41) is 3.32. The topological polar surface area (TPSA) is 43.4 Å². The zero-order chi connectivity index (χ0) is 14.9. The summed E-state index contributed by atoms with van der Waals surface area (Å²) in [6.45, 7) is 4.42. The van der Waals surface area contributed by atoms with Crippen LogP contribution >= 0.6 is 0 Å². The minimum atomic E-state index is 0.471. The van der Waals surface area contributed by atoms with Gasteiger partial charge in [-0.3, -0.25) is 4.98 Å². The molecule has 112 valence electrons. The fourth-order valence-corrected chi connectivity index (χ4v) is 1.98. The van der Waals surface area contributed by atoms with Crippen molar-refractivity contribution < 1.29 is 9.47 Å². The van der Waals surface area contributed by atoms with Gasteiger partial charge >= 0.3 is 0 Å². The summed E-state index contributed by atoms with van der Waals surface area (Å²) in [7, 11) is 1.67. The first-order valence-corrected chi connectivity index (χ1v) is 7.24. The van der Waals surface area contributed by atoms with E-state index in [1.165, 1.54) is 0 Å². The monoisotopic (exact) mass is 286 g/mol. The number of ether oxygens (including phenoxy) is 2. The highest BCUT2D eigenvalue weighted by Crippen LogP contribution is 2.19. The predicted molar refractivity (Wildman–Crippen MR) is 83.6 cm³/mol. The van der Waals surface area contributed by atoms with Crippen LogP contribution in [0.3, 0.4) is 0 Å². The van der Waals surface area contributed by atoms with E-state index in [0.717, 1.165) is 42.3 Å². The largest absolute Gasteiger partial charge is 0.496 e. The number of nitrogens with zero attached hydrogens (tertiary/aromatic N) is 1. The number of hydrogen-bond donors (Lipinski definition) is 1. The number of nitrogens with one attached hydrogen (secondary N) is 1. The Labute approximate surface area is 126 Å². The summed E-state index contributed by atoms with van der Waals surface area (Å²) in [6.07, 6.45) is 2.89. The molecule has 0 aliphatic rings. The molecule has 1 aromatic heterocycles. The van der Waals surface area contributed by atoms with Crippen molar-refractivity contribution in [3.63, 3.8) is 0 Å².